The average molecular weight is 311 g/mol. The van der Waals surface area contributed by atoms with Crippen LogP contribution in [-0.4, -0.2) is 5.16 Å². The fraction of sp³-hybridized carbons (Fsp3) is 0.400. The van der Waals surface area contributed by atoms with Gasteiger partial charge in [-0.05, 0) is 30.5 Å². The van der Waals surface area contributed by atoms with Gasteiger partial charge in [-0.15, -0.1) is 0 Å². The van der Waals surface area contributed by atoms with Gasteiger partial charge in [0.25, 0.3) is 0 Å². The SMILES string of the molecule is CC1(c2noc(N)c2-c2ccc(Cl)c(Cl)c2)CCCC1. The Morgan fingerprint density at radius 3 is 2.55 bits per heavy atom. The highest BCUT2D eigenvalue weighted by Gasteiger charge is 2.37. The first-order valence-electron chi connectivity index (χ1n) is 6.72. The molecule has 0 saturated heterocycles. The lowest BCUT2D eigenvalue weighted by Crippen LogP contribution is -2.18. The molecule has 1 aromatic carbocycles. The molecule has 3 nitrogen and oxygen atoms in total. The molecule has 0 spiro atoms. The highest BCUT2D eigenvalue weighted by molar-refractivity contribution is 6.42. The third-order valence-corrected chi connectivity index (χ3v) is 4.94. The van der Waals surface area contributed by atoms with Crippen LogP contribution in [0.3, 0.4) is 0 Å². The summed E-state index contributed by atoms with van der Waals surface area (Å²) in [5.41, 5.74) is 8.71. The van der Waals surface area contributed by atoms with E-state index >= 15 is 0 Å². The maximum absolute atomic E-state index is 6.11. The van der Waals surface area contributed by atoms with Crippen LogP contribution >= 0.6 is 23.2 Å². The Hall–Kier alpha value is -1.19. The minimum atomic E-state index is 0.0303. The van der Waals surface area contributed by atoms with Gasteiger partial charge in [-0.25, -0.2) is 0 Å². The van der Waals surface area contributed by atoms with Gasteiger partial charge in [-0.2, -0.15) is 0 Å². The number of rotatable bonds is 2. The van der Waals surface area contributed by atoms with Crippen LogP contribution < -0.4 is 5.73 Å². The van der Waals surface area contributed by atoms with Crippen LogP contribution in [0.4, 0.5) is 5.88 Å². The molecule has 1 aromatic heterocycles. The Morgan fingerprint density at radius 1 is 1.20 bits per heavy atom. The lowest BCUT2D eigenvalue weighted by Gasteiger charge is -2.21. The van der Waals surface area contributed by atoms with Crippen molar-refractivity contribution in [1.29, 1.82) is 0 Å². The van der Waals surface area contributed by atoms with Gasteiger partial charge < -0.3 is 10.3 Å². The van der Waals surface area contributed by atoms with Crippen molar-refractivity contribution in [3.8, 4) is 11.1 Å². The van der Waals surface area contributed by atoms with Gasteiger partial charge in [0, 0.05) is 5.41 Å². The van der Waals surface area contributed by atoms with Crippen LogP contribution in [0.2, 0.25) is 10.0 Å². The smallest absolute Gasteiger partial charge is 0.230 e. The minimum Gasteiger partial charge on any atom is -0.367 e. The van der Waals surface area contributed by atoms with Crippen molar-refractivity contribution >= 4 is 29.1 Å². The first-order valence-corrected chi connectivity index (χ1v) is 7.48. The summed E-state index contributed by atoms with van der Waals surface area (Å²) in [6.45, 7) is 2.22. The highest BCUT2D eigenvalue weighted by Crippen LogP contribution is 2.46. The third-order valence-electron chi connectivity index (χ3n) is 4.21. The molecule has 0 atom stereocenters. The monoisotopic (exact) mass is 310 g/mol. The molecule has 1 fully saturated rings. The summed E-state index contributed by atoms with van der Waals surface area (Å²) in [6.07, 6.45) is 4.63. The molecular weight excluding hydrogens is 295 g/mol. The zero-order chi connectivity index (χ0) is 14.3. The number of benzene rings is 1. The topological polar surface area (TPSA) is 52.0 Å². The van der Waals surface area contributed by atoms with E-state index in [1.807, 2.05) is 12.1 Å². The van der Waals surface area contributed by atoms with Crippen LogP contribution in [0.1, 0.15) is 38.3 Å². The first kappa shape index (κ1) is 13.8. The van der Waals surface area contributed by atoms with Crippen molar-refractivity contribution in [2.45, 2.75) is 38.0 Å². The van der Waals surface area contributed by atoms with Crippen LogP contribution in [-0.2, 0) is 5.41 Å². The molecule has 0 unspecified atom stereocenters. The summed E-state index contributed by atoms with van der Waals surface area (Å²) in [7, 11) is 0. The maximum atomic E-state index is 6.11. The van der Waals surface area contributed by atoms with E-state index in [9.17, 15) is 0 Å². The van der Waals surface area contributed by atoms with E-state index < -0.39 is 0 Å². The van der Waals surface area contributed by atoms with Gasteiger partial charge >= 0.3 is 0 Å². The fourth-order valence-corrected chi connectivity index (χ4v) is 3.34. The van der Waals surface area contributed by atoms with Gasteiger partial charge in [0.15, 0.2) is 0 Å². The molecule has 20 heavy (non-hydrogen) atoms. The van der Waals surface area contributed by atoms with Crippen molar-refractivity contribution in [2.75, 3.05) is 5.73 Å². The van der Waals surface area contributed by atoms with Crippen molar-refractivity contribution in [1.82, 2.24) is 5.16 Å². The molecule has 1 saturated carbocycles. The van der Waals surface area contributed by atoms with E-state index in [4.69, 9.17) is 33.5 Å². The summed E-state index contributed by atoms with van der Waals surface area (Å²) in [5.74, 6) is 0.339. The lowest BCUT2D eigenvalue weighted by atomic mass is 9.81. The predicted molar refractivity (Wildman–Crippen MR) is 82.2 cm³/mol. The van der Waals surface area contributed by atoms with Gasteiger partial charge in [-0.3, -0.25) is 0 Å². The molecule has 5 heteroatoms. The summed E-state index contributed by atoms with van der Waals surface area (Å²) < 4.78 is 5.25. The first-order chi connectivity index (χ1) is 9.51. The molecule has 106 valence electrons. The zero-order valence-electron chi connectivity index (χ0n) is 11.2. The molecule has 0 amide bonds. The largest absolute Gasteiger partial charge is 0.367 e. The van der Waals surface area contributed by atoms with Crippen molar-refractivity contribution < 1.29 is 4.52 Å². The Kier molecular flexibility index (Phi) is 3.43. The summed E-state index contributed by atoms with van der Waals surface area (Å²) in [5, 5.41) is 5.26. The van der Waals surface area contributed by atoms with Crippen molar-refractivity contribution in [3.05, 3.63) is 33.9 Å². The second kappa shape index (κ2) is 4.97. The Morgan fingerprint density at radius 2 is 1.90 bits per heavy atom. The third kappa shape index (κ3) is 2.19. The van der Waals surface area contributed by atoms with Crippen LogP contribution in [0.25, 0.3) is 11.1 Å². The number of nitrogen functional groups attached to an aromatic ring is 1. The average Bonchev–Trinajstić information content (AvgIpc) is 3.00. The second-order valence-corrected chi connectivity index (χ2v) is 6.48. The number of nitrogens with zero attached hydrogens (tertiary/aromatic N) is 1. The Labute approximate surface area is 128 Å². The summed E-state index contributed by atoms with van der Waals surface area (Å²) >= 11 is 12.1. The predicted octanol–water partition coefficient (Wildman–Crippen LogP) is 5.06. The van der Waals surface area contributed by atoms with E-state index in [0.29, 0.717) is 15.9 Å². The van der Waals surface area contributed by atoms with Gasteiger partial charge in [0.1, 0.15) is 0 Å². The standard InChI is InChI=1S/C15H16Cl2N2O/c1-15(6-2-3-7-15)13-12(14(18)20-19-13)9-4-5-10(16)11(17)8-9/h4-5,8H,2-3,6-7,18H2,1H3. The maximum Gasteiger partial charge on any atom is 0.230 e. The number of nitrogens with two attached hydrogens (primary N) is 1. The van der Waals surface area contributed by atoms with Crippen LogP contribution in [0.5, 0.6) is 0 Å². The van der Waals surface area contributed by atoms with E-state index in [2.05, 4.69) is 12.1 Å². The molecule has 0 bridgehead atoms. The lowest BCUT2D eigenvalue weighted by molar-refractivity contribution is 0.386. The number of hydrogen-bond donors (Lipinski definition) is 1. The van der Waals surface area contributed by atoms with E-state index in [0.717, 1.165) is 29.7 Å². The quantitative estimate of drug-likeness (QED) is 0.843. The van der Waals surface area contributed by atoms with Crippen LogP contribution in [0, 0.1) is 0 Å². The number of anilines is 1. The molecule has 1 heterocycles. The molecule has 1 aliphatic rings. The van der Waals surface area contributed by atoms with E-state index in [1.165, 1.54) is 12.8 Å². The highest BCUT2D eigenvalue weighted by atomic mass is 35.5. The molecule has 2 N–H and O–H groups in total. The van der Waals surface area contributed by atoms with Gasteiger partial charge in [0.2, 0.25) is 5.88 Å². The number of aromatic nitrogens is 1. The number of hydrogen-bond acceptors (Lipinski definition) is 3. The molecular formula is C15H16Cl2N2O. The number of halogens is 2. The van der Waals surface area contributed by atoms with E-state index in [1.54, 1.807) is 6.07 Å². The summed E-state index contributed by atoms with van der Waals surface area (Å²) in [4.78, 5) is 0. The van der Waals surface area contributed by atoms with Crippen molar-refractivity contribution in [3.63, 3.8) is 0 Å². The Bertz CT molecular complexity index is 645. The molecule has 2 aromatic rings. The Balaban J connectivity index is 2.13. The van der Waals surface area contributed by atoms with Crippen molar-refractivity contribution in [2.24, 2.45) is 0 Å². The fourth-order valence-electron chi connectivity index (χ4n) is 3.04. The van der Waals surface area contributed by atoms with Gasteiger partial charge in [0.05, 0.1) is 21.3 Å². The van der Waals surface area contributed by atoms with Gasteiger partial charge in [-0.1, -0.05) is 54.2 Å². The summed E-state index contributed by atoms with van der Waals surface area (Å²) in [6, 6.07) is 5.49. The normalized spacial score (nSPS) is 17.6. The second-order valence-electron chi connectivity index (χ2n) is 5.67. The molecule has 3 rings (SSSR count). The van der Waals surface area contributed by atoms with E-state index in [-0.39, 0.29) is 5.41 Å². The minimum absolute atomic E-state index is 0.0303. The van der Waals surface area contributed by atoms with Crippen LogP contribution in [0.15, 0.2) is 22.7 Å². The molecule has 0 aliphatic heterocycles. The molecule has 0 radical (unpaired) electrons. The molecule has 1 aliphatic carbocycles. The zero-order valence-corrected chi connectivity index (χ0v) is 12.8.